The van der Waals surface area contributed by atoms with Crippen molar-refractivity contribution >= 4 is 11.6 Å². The SMILES string of the molecule is CC(C(=O)NN)N(C)c1cccc(F)c1. The lowest BCUT2D eigenvalue weighted by atomic mass is 10.2. The van der Waals surface area contributed by atoms with E-state index in [9.17, 15) is 9.18 Å². The fourth-order valence-corrected chi connectivity index (χ4v) is 1.22. The highest BCUT2D eigenvalue weighted by molar-refractivity contribution is 5.84. The van der Waals surface area contributed by atoms with E-state index in [1.165, 1.54) is 12.1 Å². The Morgan fingerprint density at radius 1 is 1.60 bits per heavy atom. The second kappa shape index (κ2) is 4.75. The van der Waals surface area contributed by atoms with Gasteiger partial charge in [-0.3, -0.25) is 10.2 Å². The first kappa shape index (κ1) is 11.5. The molecule has 0 heterocycles. The maximum Gasteiger partial charge on any atom is 0.256 e. The largest absolute Gasteiger partial charge is 0.363 e. The maximum absolute atomic E-state index is 12.9. The molecule has 0 bridgehead atoms. The summed E-state index contributed by atoms with van der Waals surface area (Å²) < 4.78 is 12.9. The van der Waals surface area contributed by atoms with Crippen molar-refractivity contribution in [3.63, 3.8) is 0 Å². The van der Waals surface area contributed by atoms with E-state index >= 15 is 0 Å². The zero-order valence-corrected chi connectivity index (χ0v) is 8.70. The fourth-order valence-electron chi connectivity index (χ4n) is 1.22. The molecule has 15 heavy (non-hydrogen) atoms. The number of amides is 1. The van der Waals surface area contributed by atoms with Gasteiger partial charge in [-0.05, 0) is 25.1 Å². The number of nitrogens with one attached hydrogen (secondary N) is 1. The molecule has 0 aliphatic carbocycles. The molecule has 5 heteroatoms. The van der Waals surface area contributed by atoms with Gasteiger partial charge >= 0.3 is 0 Å². The highest BCUT2D eigenvalue weighted by Crippen LogP contribution is 2.16. The van der Waals surface area contributed by atoms with Crippen molar-refractivity contribution in [1.82, 2.24) is 5.43 Å². The molecular weight excluding hydrogens is 197 g/mol. The van der Waals surface area contributed by atoms with Crippen molar-refractivity contribution < 1.29 is 9.18 Å². The summed E-state index contributed by atoms with van der Waals surface area (Å²) in [6.07, 6.45) is 0. The second-order valence-corrected chi connectivity index (χ2v) is 3.28. The Hall–Kier alpha value is -1.62. The van der Waals surface area contributed by atoms with Crippen LogP contribution in [0, 0.1) is 5.82 Å². The third-order valence-corrected chi connectivity index (χ3v) is 2.32. The van der Waals surface area contributed by atoms with Crippen molar-refractivity contribution in [2.24, 2.45) is 5.84 Å². The predicted octanol–water partition coefficient (Wildman–Crippen LogP) is 0.640. The summed E-state index contributed by atoms with van der Waals surface area (Å²) in [5, 5.41) is 0. The lowest BCUT2D eigenvalue weighted by Crippen LogP contribution is -2.46. The molecule has 1 atom stereocenters. The molecule has 0 aliphatic heterocycles. The number of hydrogen-bond acceptors (Lipinski definition) is 3. The topological polar surface area (TPSA) is 58.4 Å². The van der Waals surface area contributed by atoms with Gasteiger partial charge in [0.1, 0.15) is 11.9 Å². The normalized spacial score (nSPS) is 12.0. The number of rotatable bonds is 3. The van der Waals surface area contributed by atoms with Gasteiger partial charge in [0.15, 0.2) is 0 Å². The van der Waals surface area contributed by atoms with E-state index < -0.39 is 6.04 Å². The van der Waals surface area contributed by atoms with Crippen LogP contribution >= 0.6 is 0 Å². The first-order valence-corrected chi connectivity index (χ1v) is 4.55. The molecule has 1 amide bonds. The number of nitrogens with two attached hydrogens (primary N) is 1. The van der Waals surface area contributed by atoms with E-state index in [0.717, 1.165) is 0 Å². The van der Waals surface area contributed by atoms with Crippen LogP contribution in [0.1, 0.15) is 6.92 Å². The van der Waals surface area contributed by atoms with Crippen LogP contribution in [0.3, 0.4) is 0 Å². The van der Waals surface area contributed by atoms with Crippen LogP contribution < -0.4 is 16.2 Å². The minimum absolute atomic E-state index is 0.318. The fraction of sp³-hybridized carbons (Fsp3) is 0.300. The van der Waals surface area contributed by atoms with Gasteiger partial charge in [0.25, 0.3) is 5.91 Å². The number of hydrogen-bond donors (Lipinski definition) is 2. The van der Waals surface area contributed by atoms with Crippen LogP contribution in [-0.4, -0.2) is 19.0 Å². The Kier molecular flexibility index (Phi) is 3.62. The molecule has 1 rings (SSSR count). The molecule has 0 spiro atoms. The average Bonchev–Trinajstić information content (AvgIpc) is 2.26. The molecule has 0 radical (unpaired) electrons. The second-order valence-electron chi connectivity index (χ2n) is 3.28. The van der Waals surface area contributed by atoms with Crippen LogP contribution in [-0.2, 0) is 4.79 Å². The summed E-state index contributed by atoms with van der Waals surface area (Å²) in [6, 6.07) is 5.58. The van der Waals surface area contributed by atoms with E-state index in [1.54, 1.807) is 31.0 Å². The third-order valence-electron chi connectivity index (χ3n) is 2.32. The van der Waals surface area contributed by atoms with E-state index in [4.69, 9.17) is 5.84 Å². The molecule has 4 nitrogen and oxygen atoms in total. The van der Waals surface area contributed by atoms with Gasteiger partial charge in [0.2, 0.25) is 0 Å². The van der Waals surface area contributed by atoms with Crippen molar-refractivity contribution in [2.75, 3.05) is 11.9 Å². The zero-order valence-electron chi connectivity index (χ0n) is 8.70. The van der Waals surface area contributed by atoms with E-state index in [1.807, 2.05) is 0 Å². The number of nitrogens with zero attached hydrogens (tertiary/aromatic N) is 1. The van der Waals surface area contributed by atoms with Gasteiger partial charge in [-0.15, -0.1) is 0 Å². The molecule has 82 valence electrons. The Balaban J connectivity index is 2.84. The number of carbonyl (C=O) groups excluding carboxylic acids is 1. The van der Waals surface area contributed by atoms with Gasteiger partial charge in [-0.2, -0.15) is 0 Å². The van der Waals surface area contributed by atoms with E-state index in [0.29, 0.717) is 5.69 Å². The van der Waals surface area contributed by atoms with Crippen molar-refractivity contribution in [2.45, 2.75) is 13.0 Å². The van der Waals surface area contributed by atoms with Crippen molar-refractivity contribution in [3.8, 4) is 0 Å². The lowest BCUT2D eigenvalue weighted by Gasteiger charge is -2.25. The molecule has 1 aromatic carbocycles. The van der Waals surface area contributed by atoms with Gasteiger partial charge in [-0.25, -0.2) is 10.2 Å². The van der Waals surface area contributed by atoms with Gasteiger partial charge in [0.05, 0.1) is 0 Å². The number of hydrazine groups is 1. The average molecular weight is 211 g/mol. The Morgan fingerprint density at radius 3 is 2.80 bits per heavy atom. The zero-order chi connectivity index (χ0) is 11.4. The Morgan fingerprint density at radius 2 is 2.27 bits per heavy atom. The molecule has 0 saturated heterocycles. The lowest BCUT2D eigenvalue weighted by molar-refractivity contribution is -0.122. The standard InChI is InChI=1S/C10H14FN3O/c1-7(10(15)13-12)14(2)9-5-3-4-8(11)6-9/h3-7H,12H2,1-2H3,(H,13,15). The van der Waals surface area contributed by atoms with Crippen LogP contribution in [0.15, 0.2) is 24.3 Å². The number of anilines is 1. The molecule has 1 aromatic rings. The summed E-state index contributed by atoms with van der Waals surface area (Å²) in [6.45, 7) is 1.69. The van der Waals surface area contributed by atoms with Crippen LogP contribution in [0.2, 0.25) is 0 Å². The summed E-state index contributed by atoms with van der Waals surface area (Å²) in [5.74, 6) is 4.37. The Bertz CT molecular complexity index is 356. The predicted molar refractivity (Wildman–Crippen MR) is 56.6 cm³/mol. The van der Waals surface area contributed by atoms with Gasteiger partial charge in [-0.1, -0.05) is 6.07 Å². The van der Waals surface area contributed by atoms with E-state index in [2.05, 4.69) is 5.43 Å². The minimum atomic E-state index is -0.447. The molecule has 0 aromatic heterocycles. The van der Waals surface area contributed by atoms with Crippen LogP contribution in [0.5, 0.6) is 0 Å². The van der Waals surface area contributed by atoms with E-state index in [-0.39, 0.29) is 11.7 Å². The summed E-state index contributed by atoms with van der Waals surface area (Å²) >= 11 is 0. The highest BCUT2D eigenvalue weighted by Gasteiger charge is 2.17. The van der Waals surface area contributed by atoms with Crippen molar-refractivity contribution in [1.29, 1.82) is 0 Å². The maximum atomic E-state index is 12.9. The Labute approximate surface area is 87.8 Å². The number of halogens is 1. The smallest absolute Gasteiger partial charge is 0.256 e. The van der Waals surface area contributed by atoms with Gasteiger partial charge in [0, 0.05) is 12.7 Å². The molecule has 3 N–H and O–H groups in total. The molecule has 0 saturated carbocycles. The number of benzene rings is 1. The first-order valence-electron chi connectivity index (χ1n) is 4.55. The highest BCUT2D eigenvalue weighted by atomic mass is 19.1. The summed E-state index contributed by atoms with van der Waals surface area (Å²) in [7, 11) is 1.70. The third kappa shape index (κ3) is 2.66. The monoisotopic (exact) mass is 211 g/mol. The quantitative estimate of drug-likeness (QED) is 0.438. The molecule has 0 fully saturated rings. The minimum Gasteiger partial charge on any atom is -0.363 e. The van der Waals surface area contributed by atoms with Crippen LogP contribution in [0.4, 0.5) is 10.1 Å². The summed E-state index contributed by atoms with van der Waals surface area (Å²) in [5.41, 5.74) is 2.69. The van der Waals surface area contributed by atoms with Crippen LogP contribution in [0.25, 0.3) is 0 Å². The number of likely N-dealkylation sites (N-methyl/N-ethyl adjacent to an activating group) is 1. The number of carbonyl (C=O) groups is 1. The first-order chi connectivity index (χ1) is 7.06. The van der Waals surface area contributed by atoms with Crippen molar-refractivity contribution in [3.05, 3.63) is 30.1 Å². The molecule has 0 aliphatic rings. The summed E-state index contributed by atoms with van der Waals surface area (Å²) in [4.78, 5) is 12.9. The molecular formula is C10H14FN3O. The van der Waals surface area contributed by atoms with Gasteiger partial charge < -0.3 is 4.90 Å². The molecule has 1 unspecified atom stereocenters.